The zero-order valence-electron chi connectivity index (χ0n) is 31.1. The van der Waals surface area contributed by atoms with Crippen molar-refractivity contribution in [3.8, 4) is 28.0 Å². The van der Waals surface area contributed by atoms with Gasteiger partial charge < -0.3 is 34.4 Å². The maximum Gasteiger partial charge on any atom is 0.330 e. The molecular formula is C41H47N5O7S. The van der Waals surface area contributed by atoms with Crippen LogP contribution in [0, 0.1) is 5.92 Å². The Kier molecular flexibility index (Phi) is 10.8. The number of rotatable bonds is 9. The van der Waals surface area contributed by atoms with Crippen LogP contribution in [0.1, 0.15) is 69.5 Å². The summed E-state index contributed by atoms with van der Waals surface area (Å²) < 4.78 is 17.6. The van der Waals surface area contributed by atoms with Crippen molar-refractivity contribution in [1.82, 2.24) is 25.1 Å². The maximum atomic E-state index is 14.7. The van der Waals surface area contributed by atoms with E-state index in [2.05, 4.69) is 19.2 Å². The lowest BCUT2D eigenvalue weighted by Crippen LogP contribution is -2.55. The molecule has 2 fully saturated rings. The Hall–Kier alpha value is -5.17. The molecule has 2 aliphatic heterocycles. The van der Waals surface area contributed by atoms with Gasteiger partial charge in [0.15, 0.2) is 0 Å². The lowest BCUT2D eigenvalue weighted by molar-refractivity contribution is -0.144. The molecule has 4 heterocycles. The van der Waals surface area contributed by atoms with Crippen LogP contribution in [-0.2, 0) is 16.1 Å². The first-order valence-corrected chi connectivity index (χ1v) is 19.5. The van der Waals surface area contributed by atoms with E-state index in [1.54, 1.807) is 24.0 Å². The van der Waals surface area contributed by atoms with Crippen molar-refractivity contribution in [1.29, 1.82) is 0 Å². The number of allylic oxidation sites excluding steroid dienone is 1. The van der Waals surface area contributed by atoms with Crippen LogP contribution in [0.4, 0.5) is 4.79 Å². The Morgan fingerprint density at radius 3 is 2.54 bits per heavy atom. The van der Waals surface area contributed by atoms with Gasteiger partial charge in [0.25, 0.3) is 0 Å². The molecule has 3 amide bonds. The molecule has 2 aromatic heterocycles. The Balaban J connectivity index is 1.23. The Bertz CT molecular complexity index is 2050. The fourth-order valence-electron chi connectivity index (χ4n) is 7.35. The molecular weight excluding hydrogens is 707 g/mol. The van der Waals surface area contributed by atoms with E-state index in [4.69, 9.17) is 24.2 Å². The minimum absolute atomic E-state index is 0.128. The number of carbonyl (C=O) groups excluding carboxylic acids is 2. The lowest BCUT2D eigenvalue weighted by Gasteiger charge is -2.32. The highest BCUT2D eigenvalue weighted by Crippen LogP contribution is 2.45. The van der Waals surface area contributed by atoms with E-state index < -0.39 is 29.6 Å². The van der Waals surface area contributed by atoms with Crippen LogP contribution < -0.4 is 19.5 Å². The van der Waals surface area contributed by atoms with Gasteiger partial charge in [0.1, 0.15) is 45.6 Å². The number of carbonyl (C=O) groups is 3. The predicted molar refractivity (Wildman–Crippen MR) is 206 cm³/mol. The summed E-state index contributed by atoms with van der Waals surface area (Å²) in [6.45, 7) is 5.16. The first-order chi connectivity index (χ1) is 26.1. The molecule has 4 aromatic rings. The molecule has 0 radical (unpaired) electrons. The van der Waals surface area contributed by atoms with Gasteiger partial charge in [-0.25, -0.2) is 19.6 Å². The number of hydrogen-bond acceptors (Lipinski definition) is 9. The largest absolute Gasteiger partial charge is 0.497 e. The number of ether oxygens (including phenoxy) is 3. The second-order valence-electron chi connectivity index (χ2n) is 14.7. The molecule has 1 saturated heterocycles. The van der Waals surface area contributed by atoms with E-state index in [0.717, 1.165) is 53.1 Å². The van der Waals surface area contributed by atoms with Gasteiger partial charge in [-0.15, -0.1) is 11.3 Å². The summed E-state index contributed by atoms with van der Waals surface area (Å²) in [6, 6.07) is 13.8. The SMILES string of the molecule is COc1ccc(CN2CCCCCC=C[C@@H]3C[C@@]3(C(=O)O)NC(=O)[C@@H]3C[C@@H](Oc4cc(-c5nc(C(C)C)cs5)nc5cc(OC)ccc45)CN3C2=O)cc1. The van der Waals surface area contributed by atoms with Crippen molar-refractivity contribution < 1.29 is 33.7 Å². The van der Waals surface area contributed by atoms with Gasteiger partial charge in [-0.05, 0) is 61.4 Å². The van der Waals surface area contributed by atoms with Crippen LogP contribution in [0.25, 0.3) is 21.6 Å². The van der Waals surface area contributed by atoms with Crippen molar-refractivity contribution in [2.45, 2.75) is 82.5 Å². The van der Waals surface area contributed by atoms with Gasteiger partial charge in [-0.1, -0.05) is 44.6 Å². The van der Waals surface area contributed by atoms with Gasteiger partial charge in [0.2, 0.25) is 5.91 Å². The number of urea groups is 1. The zero-order valence-corrected chi connectivity index (χ0v) is 31.9. The molecule has 1 aliphatic carbocycles. The molecule has 4 atom stereocenters. The highest BCUT2D eigenvalue weighted by atomic mass is 32.1. The number of aromatic nitrogens is 2. The van der Waals surface area contributed by atoms with Crippen LogP contribution in [-0.4, -0.2) is 87.8 Å². The van der Waals surface area contributed by atoms with Crippen LogP contribution in [0.3, 0.4) is 0 Å². The quantitative estimate of drug-likeness (QED) is 0.172. The summed E-state index contributed by atoms with van der Waals surface area (Å²) in [5, 5.41) is 16.7. The molecule has 2 aromatic carbocycles. The number of amides is 3. The number of carboxylic acid groups (broad SMARTS) is 1. The van der Waals surface area contributed by atoms with Gasteiger partial charge >= 0.3 is 12.0 Å². The molecule has 0 bridgehead atoms. The van der Waals surface area contributed by atoms with Crippen molar-refractivity contribution in [2.24, 2.45) is 5.92 Å². The Labute approximate surface area is 319 Å². The molecule has 54 heavy (non-hydrogen) atoms. The van der Waals surface area contributed by atoms with Crippen molar-refractivity contribution >= 4 is 40.1 Å². The highest BCUT2D eigenvalue weighted by Gasteiger charge is 2.61. The maximum absolute atomic E-state index is 14.7. The highest BCUT2D eigenvalue weighted by molar-refractivity contribution is 7.13. The summed E-state index contributed by atoms with van der Waals surface area (Å²) in [4.78, 5) is 54.6. The van der Waals surface area contributed by atoms with Crippen molar-refractivity contribution in [2.75, 3.05) is 27.3 Å². The number of benzene rings is 2. The van der Waals surface area contributed by atoms with Crippen LogP contribution >= 0.6 is 11.3 Å². The number of methoxy groups -OCH3 is 2. The second kappa shape index (κ2) is 15.7. The average Bonchev–Trinajstić information content (AvgIpc) is 3.46. The second-order valence-corrected chi connectivity index (χ2v) is 15.5. The molecule has 3 aliphatic rings. The lowest BCUT2D eigenvalue weighted by atomic mass is 10.1. The molecule has 7 rings (SSSR count). The number of thiazole rings is 1. The average molecular weight is 754 g/mol. The summed E-state index contributed by atoms with van der Waals surface area (Å²) in [5.41, 5.74) is 1.80. The molecule has 1 saturated carbocycles. The molecule has 13 heteroatoms. The van der Waals surface area contributed by atoms with E-state index in [9.17, 15) is 19.5 Å². The van der Waals surface area contributed by atoms with E-state index >= 15 is 0 Å². The number of carboxylic acids is 1. The molecule has 0 spiro atoms. The normalized spacial score (nSPS) is 23.3. The minimum atomic E-state index is -1.40. The van der Waals surface area contributed by atoms with Crippen molar-refractivity contribution in [3.05, 3.63) is 77.3 Å². The molecule has 0 unspecified atom stereocenters. The topological polar surface area (TPSA) is 143 Å². The Morgan fingerprint density at radius 2 is 1.81 bits per heavy atom. The van der Waals surface area contributed by atoms with Gasteiger partial charge in [-0.3, -0.25) is 4.79 Å². The fourth-order valence-corrected chi connectivity index (χ4v) is 8.29. The number of hydrogen-bond donors (Lipinski definition) is 2. The number of nitrogens with zero attached hydrogens (tertiary/aromatic N) is 4. The number of aliphatic carboxylic acids is 1. The van der Waals surface area contributed by atoms with Gasteiger partial charge in [-0.2, -0.15) is 0 Å². The summed E-state index contributed by atoms with van der Waals surface area (Å²) in [7, 11) is 3.21. The molecule has 284 valence electrons. The zero-order chi connectivity index (χ0) is 38.0. The monoisotopic (exact) mass is 753 g/mol. The fraction of sp³-hybridized carbons (Fsp3) is 0.439. The van der Waals surface area contributed by atoms with E-state index in [-0.39, 0.29) is 30.8 Å². The first kappa shape index (κ1) is 37.2. The standard InChI is InChI=1S/C41H47N5O7S/c1-25(2)34-24-54-38(43-34)33-20-36(31-16-15-29(52-4)18-32(31)42-33)53-30-19-35-37(47)44-41(39(48)49)21-27(41)10-8-6-5-7-9-17-45(40(50)46(35)23-30)22-26-11-13-28(51-3)14-12-26/h8,10-16,18,20,24-25,27,30,35H,5-7,9,17,19,21-23H2,1-4H3,(H,44,47)(H,48,49)/t27-,30-,35+,41-/m1/s1. The third kappa shape index (κ3) is 7.73. The summed E-state index contributed by atoms with van der Waals surface area (Å²) in [6.07, 6.45) is 7.24. The van der Waals surface area contributed by atoms with E-state index in [0.29, 0.717) is 42.2 Å². The smallest absolute Gasteiger partial charge is 0.330 e. The van der Waals surface area contributed by atoms with Crippen molar-refractivity contribution in [3.63, 3.8) is 0 Å². The third-order valence-electron chi connectivity index (χ3n) is 10.6. The number of nitrogens with one attached hydrogen (secondary N) is 1. The van der Waals surface area contributed by atoms with E-state index in [1.807, 2.05) is 66.1 Å². The predicted octanol–water partition coefficient (Wildman–Crippen LogP) is 7.03. The molecule has 2 N–H and O–H groups in total. The Morgan fingerprint density at radius 1 is 1.04 bits per heavy atom. The van der Waals surface area contributed by atoms with Crippen LogP contribution in [0.2, 0.25) is 0 Å². The molecule has 12 nitrogen and oxygen atoms in total. The van der Waals surface area contributed by atoms with Crippen LogP contribution in [0.15, 0.2) is 66.1 Å². The number of fused-ring (bicyclic) bond motifs is 3. The number of pyridine rings is 1. The first-order valence-electron chi connectivity index (χ1n) is 18.6. The summed E-state index contributed by atoms with van der Waals surface area (Å²) >= 11 is 1.51. The summed E-state index contributed by atoms with van der Waals surface area (Å²) in [5.74, 6) is 0.280. The van der Waals surface area contributed by atoms with Gasteiger partial charge in [0, 0.05) is 48.3 Å². The van der Waals surface area contributed by atoms with Crippen LogP contribution in [0.5, 0.6) is 17.2 Å². The van der Waals surface area contributed by atoms with Gasteiger partial charge in [0.05, 0.1) is 32.0 Å². The third-order valence-corrected chi connectivity index (χ3v) is 11.5. The minimum Gasteiger partial charge on any atom is -0.497 e. The van der Waals surface area contributed by atoms with E-state index in [1.165, 1.54) is 11.3 Å².